The number of thioether (sulfide) groups is 1. The topological polar surface area (TPSA) is 119 Å². The Hall–Kier alpha value is -3.51. The molecule has 176 valence electrons. The van der Waals surface area contributed by atoms with Crippen LogP contribution < -0.4 is 5.73 Å². The van der Waals surface area contributed by atoms with E-state index in [1.807, 2.05) is 0 Å². The molecule has 1 aliphatic heterocycles. The number of halogens is 4. The zero-order valence-electron chi connectivity index (χ0n) is 17.0. The van der Waals surface area contributed by atoms with Crippen molar-refractivity contribution in [1.29, 1.82) is 0 Å². The standard InChI is InChI=1S/C21H14ClF3N4O4S/c22-12-3-2-11(14(7-12)21(23,24)25)8-29-15-4-1-10(5-13(15)18(26)27-29)6-16-19(32)28(9-17(30)31)20(33)34-16/h1-7H,8-9H2,(H2,26,27)(H,30,31)/b16-6-. The van der Waals surface area contributed by atoms with Crippen LogP contribution >= 0.6 is 23.4 Å². The Morgan fingerprint density at radius 2 is 1.94 bits per heavy atom. The lowest BCUT2D eigenvalue weighted by Gasteiger charge is -2.13. The van der Waals surface area contributed by atoms with E-state index in [1.54, 1.807) is 18.2 Å². The minimum absolute atomic E-state index is 0.0348. The average Bonchev–Trinajstić information content (AvgIpc) is 3.19. The highest BCUT2D eigenvalue weighted by Gasteiger charge is 2.36. The number of hydrogen-bond donors (Lipinski definition) is 2. The monoisotopic (exact) mass is 510 g/mol. The van der Waals surface area contributed by atoms with Gasteiger partial charge in [-0.2, -0.15) is 18.3 Å². The van der Waals surface area contributed by atoms with Crippen LogP contribution in [0.4, 0.5) is 23.8 Å². The highest BCUT2D eigenvalue weighted by molar-refractivity contribution is 8.18. The summed E-state index contributed by atoms with van der Waals surface area (Å²) in [5.74, 6) is -1.99. The zero-order chi connectivity index (χ0) is 24.8. The summed E-state index contributed by atoms with van der Waals surface area (Å²) in [6.45, 7) is -0.960. The summed E-state index contributed by atoms with van der Waals surface area (Å²) < 4.78 is 41.7. The number of anilines is 1. The number of aliphatic carboxylic acids is 1. The molecule has 0 radical (unpaired) electrons. The molecule has 0 aliphatic carbocycles. The first-order valence-corrected chi connectivity index (χ1v) is 10.7. The predicted molar refractivity (Wildman–Crippen MR) is 120 cm³/mol. The van der Waals surface area contributed by atoms with E-state index in [0.717, 1.165) is 6.07 Å². The Morgan fingerprint density at radius 3 is 2.62 bits per heavy atom. The zero-order valence-corrected chi connectivity index (χ0v) is 18.5. The molecule has 13 heteroatoms. The van der Waals surface area contributed by atoms with E-state index in [1.165, 1.54) is 22.9 Å². The number of carbonyl (C=O) groups is 3. The van der Waals surface area contributed by atoms with Crippen molar-refractivity contribution in [3.05, 3.63) is 63.0 Å². The number of aromatic nitrogens is 2. The van der Waals surface area contributed by atoms with Gasteiger partial charge in [-0.15, -0.1) is 0 Å². The van der Waals surface area contributed by atoms with Gasteiger partial charge in [0.05, 0.1) is 22.5 Å². The van der Waals surface area contributed by atoms with Gasteiger partial charge in [0.2, 0.25) is 0 Å². The number of rotatable bonds is 5. The molecule has 2 amide bonds. The number of carboxylic acid groups (broad SMARTS) is 1. The fourth-order valence-electron chi connectivity index (χ4n) is 3.47. The Balaban J connectivity index is 1.67. The Bertz CT molecular complexity index is 1390. The van der Waals surface area contributed by atoms with Crippen molar-refractivity contribution in [1.82, 2.24) is 14.7 Å². The number of carboxylic acids is 1. The first-order chi connectivity index (χ1) is 15.9. The van der Waals surface area contributed by atoms with E-state index in [9.17, 15) is 27.6 Å². The molecular formula is C21H14ClF3N4O4S. The second-order valence-electron chi connectivity index (χ2n) is 7.28. The van der Waals surface area contributed by atoms with Crippen molar-refractivity contribution in [2.24, 2.45) is 0 Å². The van der Waals surface area contributed by atoms with Crippen LogP contribution in [0.3, 0.4) is 0 Å². The molecule has 1 aromatic heterocycles. The number of imide groups is 1. The molecule has 1 fully saturated rings. The first kappa shape index (κ1) is 23.6. The number of hydrogen-bond acceptors (Lipinski definition) is 6. The maximum absolute atomic E-state index is 13.4. The maximum Gasteiger partial charge on any atom is 0.416 e. The van der Waals surface area contributed by atoms with E-state index in [-0.39, 0.29) is 27.9 Å². The Kier molecular flexibility index (Phi) is 6.04. The fraction of sp³-hybridized carbons (Fsp3) is 0.143. The van der Waals surface area contributed by atoms with Gasteiger partial charge in [-0.25, -0.2) is 0 Å². The molecule has 4 rings (SSSR count). The number of nitrogens with zero attached hydrogens (tertiary/aromatic N) is 3. The number of alkyl halides is 3. The highest BCUT2D eigenvalue weighted by atomic mass is 35.5. The molecule has 1 aliphatic rings. The largest absolute Gasteiger partial charge is 0.480 e. The lowest BCUT2D eigenvalue weighted by Crippen LogP contribution is -2.33. The molecule has 2 aromatic carbocycles. The van der Waals surface area contributed by atoms with Crippen LogP contribution in [0.15, 0.2) is 41.3 Å². The van der Waals surface area contributed by atoms with Crippen molar-refractivity contribution in [3.8, 4) is 0 Å². The number of amides is 2. The van der Waals surface area contributed by atoms with Crippen molar-refractivity contribution in [3.63, 3.8) is 0 Å². The molecule has 0 bridgehead atoms. The molecule has 2 heterocycles. The number of nitrogen functional groups attached to an aromatic ring is 1. The molecule has 3 aromatic rings. The van der Waals surface area contributed by atoms with Gasteiger partial charge in [0.25, 0.3) is 11.1 Å². The molecule has 1 saturated heterocycles. The molecule has 34 heavy (non-hydrogen) atoms. The lowest BCUT2D eigenvalue weighted by atomic mass is 10.1. The first-order valence-electron chi connectivity index (χ1n) is 9.53. The van der Waals surface area contributed by atoms with Gasteiger partial charge in [-0.3, -0.25) is 24.0 Å². The van der Waals surface area contributed by atoms with Gasteiger partial charge in [0.15, 0.2) is 5.82 Å². The van der Waals surface area contributed by atoms with Crippen LogP contribution in [0, 0.1) is 0 Å². The molecule has 0 atom stereocenters. The maximum atomic E-state index is 13.4. The summed E-state index contributed by atoms with van der Waals surface area (Å²) in [5.41, 5.74) is 5.99. The van der Waals surface area contributed by atoms with Crippen LogP contribution in [0.1, 0.15) is 16.7 Å². The summed E-state index contributed by atoms with van der Waals surface area (Å²) in [6.07, 6.45) is -3.20. The number of fused-ring (bicyclic) bond motifs is 1. The average molecular weight is 511 g/mol. The summed E-state index contributed by atoms with van der Waals surface area (Å²) in [6, 6.07) is 8.22. The van der Waals surface area contributed by atoms with Gasteiger partial charge in [-0.05, 0) is 53.2 Å². The number of carbonyl (C=O) groups excluding carboxylic acids is 2. The summed E-state index contributed by atoms with van der Waals surface area (Å²) in [7, 11) is 0. The minimum atomic E-state index is -4.61. The second-order valence-corrected chi connectivity index (χ2v) is 8.71. The quantitative estimate of drug-likeness (QED) is 0.486. The van der Waals surface area contributed by atoms with E-state index in [4.69, 9.17) is 22.4 Å². The third-order valence-electron chi connectivity index (χ3n) is 4.97. The molecular weight excluding hydrogens is 497 g/mol. The Labute approximate surface area is 198 Å². The third-order valence-corrected chi connectivity index (χ3v) is 6.11. The van der Waals surface area contributed by atoms with E-state index in [2.05, 4.69) is 5.10 Å². The SMILES string of the molecule is Nc1nn(Cc2ccc(Cl)cc2C(F)(F)F)c2ccc(/C=C3\SC(=O)N(CC(=O)O)C3=O)cc12. The summed E-state index contributed by atoms with van der Waals surface area (Å²) >= 11 is 6.34. The lowest BCUT2D eigenvalue weighted by molar-refractivity contribution is -0.140. The third kappa shape index (κ3) is 4.59. The molecule has 0 saturated carbocycles. The van der Waals surface area contributed by atoms with E-state index in [0.29, 0.717) is 33.1 Å². The van der Waals surface area contributed by atoms with Crippen LogP contribution in [-0.4, -0.2) is 43.4 Å². The minimum Gasteiger partial charge on any atom is -0.480 e. The molecule has 0 spiro atoms. The van der Waals surface area contributed by atoms with Gasteiger partial charge < -0.3 is 10.8 Å². The van der Waals surface area contributed by atoms with Crippen molar-refractivity contribution in [2.45, 2.75) is 12.7 Å². The smallest absolute Gasteiger partial charge is 0.416 e. The van der Waals surface area contributed by atoms with Gasteiger partial charge in [0.1, 0.15) is 6.54 Å². The summed E-state index contributed by atoms with van der Waals surface area (Å²) in [5, 5.41) is 12.7. The fourth-order valence-corrected chi connectivity index (χ4v) is 4.48. The second kappa shape index (κ2) is 8.69. The van der Waals surface area contributed by atoms with Crippen molar-refractivity contribution >= 4 is 63.3 Å². The van der Waals surface area contributed by atoms with Crippen LogP contribution in [0.25, 0.3) is 17.0 Å². The van der Waals surface area contributed by atoms with Crippen molar-refractivity contribution < 1.29 is 32.7 Å². The van der Waals surface area contributed by atoms with Crippen LogP contribution in [0.5, 0.6) is 0 Å². The van der Waals surface area contributed by atoms with Gasteiger partial charge in [0, 0.05) is 10.4 Å². The van der Waals surface area contributed by atoms with Gasteiger partial charge >= 0.3 is 12.1 Å². The summed E-state index contributed by atoms with van der Waals surface area (Å²) in [4.78, 5) is 35.8. The Morgan fingerprint density at radius 1 is 1.21 bits per heavy atom. The van der Waals surface area contributed by atoms with Gasteiger partial charge in [-0.1, -0.05) is 23.7 Å². The molecule has 3 N–H and O–H groups in total. The molecule has 8 nitrogen and oxygen atoms in total. The number of benzene rings is 2. The van der Waals surface area contributed by atoms with E-state index >= 15 is 0 Å². The highest BCUT2D eigenvalue weighted by Crippen LogP contribution is 2.35. The van der Waals surface area contributed by atoms with E-state index < -0.39 is 35.4 Å². The van der Waals surface area contributed by atoms with Crippen molar-refractivity contribution in [2.75, 3.05) is 12.3 Å². The number of nitrogens with two attached hydrogens (primary N) is 1. The molecule has 0 unspecified atom stereocenters. The van der Waals surface area contributed by atoms with Crippen LogP contribution in [-0.2, 0) is 22.3 Å². The normalized spacial score (nSPS) is 15.6. The predicted octanol–water partition coefficient (Wildman–Crippen LogP) is 4.46. The van der Waals surface area contributed by atoms with Crippen LogP contribution in [0.2, 0.25) is 5.02 Å².